The fraction of sp³-hybridized carbons (Fsp3) is 0.375. The standard InChI is InChI=1S/C16H20N4O6/c1-18(8-13-16(24)26-17-19(13)2)14(21)9-20(10-15(22)23)11-5-4-6-12(7-11)25-3/h4-7H,8-10H2,1-3H3,(H-,17,22,23,24)/p+1. The molecule has 10 nitrogen and oxygen atoms in total. The minimum atomic E-state index is -1.07. The van der Waals surface area contributed by atoms with Crippen molar-refractivity contribution in [1.29, 1.82) is 0 Å². The van der Waals surface area contributed by atoms with E-state index >= 15 is 0 Å². The van der Waals surface area contributed by atoms with Crippen molar-refractivity contribution in [2.24, 2.45) is 7.05 Å². The van der Waals surface area contributed by atoms with E-state index in [4.69, 9.17) is 9.84 Å². The number of carboxylic acid groups (broad SMARTS) is 1. The third-order valence-corrected chi connectivity index (χ3v) is 3.80. The SMILES string of the molecule is COc1cccc(N(CC(=O)O)CC(=O)N(C)Cc2c(=O)o[nH][n+]2C)c1. The maximum atomic E-state index is 12.5. The summed E-state index contributed by atoms with van der Waals surface area (Å²) >= 11 is 0. The third kappa shape index (κ3) is 4.62. The number of carboxylic acids is 1. The van der Waals surface area contributed by atoms with Crippen LogP contribution in [0.2, 0.25) is 0 Å². The van der Waals surface area contributed by atoms with E-state index in [1.807, 2.05) is 0 Å². The first-order valence-electron chi connectivity index (χ1n) is 7.73. The Balaban J connectivity index is 2.15. The van der Waals surface area contributed by atoms with Gasteiger partial charge in [0.25, 0.3) is 0 Å². The van der Waals surface area contributed by atoms with Crippen molar-refractivity contribution in [3.05, 3.63) is 40.4 Å². The molecule has 0 saturated heterocycles. The van der Waals surface area contributed by atoms with Crippen LogP contribution in [0.4, 0.5) is 5.69 Å². The van der Waals surface area contributed by atoms with E-state index in [0.717, 1.165) is 0 Å². The second-order valence-corrected chi connectivity index (χ2v) is 5.69. The van der Waals surface area contributed by atoms with Gasteiger partial charge in [0.15, 0.2) is 7.05 Å². The van der Waals surface area contributed by atoms with Gasteiger partial charge in [-0.3, -0.25) is 14.1 Å². The Hall–Kier alpha value is -3.30. The van der Waals surface area contributed by atoms with E-state index < -0.39 is 11.6 Å². The number of rotatable bonds is 8. The first-order chi connectivity index (χ1) is 12.3. The van der Waals surface area contributed by atoms with Gasteiger partial charge in [0.1, 0.15) is 18.8 Å². The van der Waals surface area contributed by atoms with Crippen molar-refractivity contribution in [2.75, 3.05) is 32.1 Å². The Morgan fingerprint density at radius 2 is 2.08 bits per heavy atom. The van der Waals surface area contributed by atoms with Crippen molar-refractivity contribution in [1.82, 2.24) is 10.2 Å². The van der Waals surface area contributed by atoms with Gasteiger partial charge in [0.2, 0.25) is 5.91 Å². The number of likely N-dealkylation sites (N-methyl/N-ethyl adjacent to an activating group) is 1. The summed E-state index contributed by atoms with van der Waals surface area (Å²) in [6, 6.07) is 6.78. The molecule has 26 heavy (non-hydrogen) atoms. The molecular weight excluding hydrogens is 344 g/mol. The molecule has 10 heteroatoms. The molecule has 0 aliphatic carbocycles. The summed E-state index contributed by atoms with van der Waals surface area (Å²) in [4.78, 5) is 38.0. The number of aryl methyl sites for hydroxylation is 1. The number of methoxy groups -OCH3 is 1. The van der Waals surface area contributed by atoms with Crippen molar-refractivity contribution >= 4 is 17.6 Å². The molecule has 140 valence electrons. The first-order valence-corrected chi connectivity index (χ1v) is 7.73. The molecular formula is C16H21N4O6+. The van der Waals surface area contributed by atoms with Gasteiger partial charge in [-0.2, -0.15) is 0 Å². The van der Waals surface area contributed by atoms with Crippen molar-refractivity contribution < 1.29 is 28.6 Å². The number of hydrogen-bond donors (Lipinski definition) is 2. The fourth-order valence-electron chi connectivity index (χ4n) is 2.34. The van der Waals surface area contributed by atoms with Gasteiger partial charge >= 0.3 is 17.3 Å². The van der Waals surface area contributed by atoms with Crippen LogP contribution in [0.25, 0.3) is 0 Å². The summed E-state index contributed by atoms with van der Waals surface area (Å²) in [5.74, 6) is -0.869. The van der Waals surface area contributed by atoms with E-state index in [0.29, 0.717) is 11.4 Å². The molecule has 1 amide bonds. The predicted octanol–water partition coefficient (Wildman–Crippen LogP) is -0.649. The smallest absolute Gasteiger partial charge is 0.431 e. The summed E-state index contributed by atoms with van der Waals surface area (Å²) in [6.45, 7) is -0.498. The maximum Gasteiger partial charge on any atom is 0.431 e. The number of H-pyrrole nitrogens is 1. The number of aliphatic carboxylic acids is 1. The van der Waals surface area contributed by atoms with E-state index in [-0.39, 0.29) is 31.2 Å². The summed E-state index contributed by atoms with van der Waals surface area (Å²) < 4.78 is 11.2. The number of anilines is 1. The first kappa shape index (κ1) is 19.0. The summed E-state index contributed by atoms with van der Waals surface area (Å²) in [7, 11) is 4.62. The molecule has 0 aliphatic heterocycles. The Kier molecular flexibility index (Phi) is 5.99. The lowest BCUT2D eigenvalue weighted by Gasteiger charge is -2.25. The Morgan fingerprint density at radius 1 is 1.35 bits per heavy atom. The van der Waals surface area contributed by atoms with Crippen molar-refractivity contribution in [3.8, 4) is 5.75 Å². The zero-order chi connectivity index (χ0) is 19.3. The maximum absolute atomic E-state index is 12.5. The number of hydrogen-bond acceptors (Lipinski definition) is 6. The third-order valence-electron chi connectivity index (χ3n) is 3.80. The lowest BCUT2D eigenvalue weighted by atomic mass is 10.2. The second-order valence-electron chi connectivity index (χ2n) is 5.69. The van der Waals surface area contributed by atoms with E-state index in [9.17, 15) is 14.4 Å². The number of ether oxygens (including phenoxy) is 1. The van der Waals surface area contributed by atoms with Crippen molar-refractivity contribution in [2.45, 2.75) is 6.54 Å². The number of amides is 1. The average molecular weight is 365 g/mol. The van der Waals surface area contributed by atoms with Crippen LogP contribution < -0.4 is 19.9 Å². The Labute approximate surface area is 149 Å². The predicted molar refractivity (Wildman–Crippen MR) is 89.8 cm³/mol. The number of aromatic nitrogens is 2. The van der Waals surface area contributed by atoms with Crippen LogP contribution in [0.3, 0.4) is 0 Å². The second kappa shape index (κ2) is 8.19. The minimum Gasteiger partial charge on any atom is -0.497 e. The van der Waals surface area contributed by atoms with Crippen LogP contribution in [0, 0.1) is 0 Å². The molecule has 1 aromatic carbocycles. The molecule has 0 unspecified atom stereocenters. The molecule has 0 fully saturated rings. The Morgan fingerprint density at radius 3 is 2.65 bits per heavy atom. The number of aromatic amines is 1. The molecule has 2 rings (SSSR count). The largest absolute Gasteiger partial charge is 0.497 e. The molecule has 2 aromatic rings. The number of carbonyl (C=O) groups is 2. The molecule has 0 saturated carbocycles. The fourth-order valence-corrected chi connectivity index (χ4v) is 2.34. The van der Waals surface area contributed by atoms with Crippen LogP contribution >= 0.6 is 0 Å². The molecule has 0 aliphatic rings. The molecule has 1 aromatic heterocycles. The normalized spacial score (nSPS) is 10.4. The minimum absolute atomic E-state index is 0.0280. The topological polar surface area (TPSA) is 120 Å². The highest BCUT2D eigenvalue weighted by molar-refractivity contribution is 5.84. The zero-order valence-corrected chi connectivity index (χ0v) is 14.8. The highest BCUT2D eigenvalue weighted by Gasteiger charge is 2.24. The number of nitrogens with one attached hydrogen (secondary N) is 1. The van der Waals surface area contributed by atoms with Crippen LogP contribution in [0.1, 0.15) is 5.69 Å². The summed E-state index contributed by atoms with van der Waals surface area (Å²) in [5, 5.41) is 11.5. The van der Waals surface area contributed by atoms with Crippen LogP contribution in [0.5, 0.6) is 5.75 Å². The summed E-state index contributed by atoms with van der Waals surface area (Å²) in [5.41, 5.74) is 0.245. The Bertz CT molecular complexity index is 843. The number of nitrogens with zero attached hydrogens (tertiary/aromatic N) is 3. The number of carbonyl (C=O) groups excluding carboxylic acids is 1. The molecule has 0 spiro atoms. The van der Waals surface area contributed by atoms with Gasteiger partial charge in [-0.1, -0.05) is 10.7 Å². The molecule has 0 radical (unpaired) electrons. The average Bonchev–Trinajstić information content (AvgIpc) is 2.92. The molecule has 0 bridgehead atoms. The van der Waals surface area contributed by atoms with Gasteiger partial charge in [0, 0.05) is 18.8 Å². The highest BCUT2D eigenvalue weighted by Crippen LogP contribution is 2.21. The quantitative estimate of drug-likeness (QED) is 0.597. The van der Waals surface area contributed by atoms with E-state index in [2.05, 4.69) is 9.79 Å². The van der Waals surface area contributed by atoms with Crippen molar-refractivity contribution in [3.63, 3.8) is 0 Å². The monoisotopic (exact) mass is 365 g/mol. The lowest BCUT2D eigenvalue weighted by molar-refractivity contribution is -0.746. The van der Waals surface area contributed by atoms with Gasteiger partial charge in [-0.25, -0.2) is 4.79 Å². The van der Waals surface area contributed by atoms with Crippen LogP contribution in [0.15, 0.2) is 33.6 Å². The van der Waals surface area contributed by atoms with Gasteiger partial charge < -0.3 is 19.6 Å². The highest BCUT2D eigenvalue weighted by atomic mass is 16.5. The van der Waals surface area contributed by atoms with E-state index in [1.165, 1.54) is 28.6 Å². The summed E-state index contributed by atoms with van der Waals surface area (Å²) in [6.07, 6.45) is 0. The van der Waals surface area contributed by atoms with Gasteiger partial charge in [-0.15, -0.1) is 0 Å². The van der Waals surface area contributed by atoms with Crippen LogP contribution in [-0.2, 0) is 23.2 Å². The van der Waals surface area contributed by atoms with Crippen LogP contribution in [-0.4, -0.2) is 54.4 Å². The van der Waals surface area contributed by atoms with Gasteiger partial charge in [0.05, 0.1) is 13.7 Å². The molecule has 1 heterocycles. The zero-order valence-electron chi connectivity index (χ0n) is 14.8. The molecule has 0 atom stereocenters. The lowest BCUT2D eigenvalue weighted by Crippen LogP contribution is -2.44. The molecule has 2 N–H and O–H groups in total. The number of benzene rings is 1. The van der Waals surface area contributed by atoms with E-state index in [1.54, 1.807) is 31.3 Å². The van der Waals surface area contributed by atoms with Gasteiger partial charge in [-0.05, 0) is 17.4 Å².